The summed E-state index contributed by atoms with van der Waals surface area (Å²) in [7, 11) is 1.70. The van der Waals surface area contributed by atoms with Gasteiger partial charge in [-0.05, 0) is 73.6 Å². The number of hydrogen-bond donors (Lipinski definition) is 2. The number of benzene rings is 2. The predicted molar refractivity (Wildman–Crippen MR) is 116 cm³/mol. The van der Waals surface area contributed by atoms with Gasteiger partial charge in [0.15, 0.2) is 0 Å². The Kier molecular flexibility index (Phi) is 5.36. The van der Waals surface area contributed by atoms with Gasteiger partial charge in [0, 0.05) is 22.7 Å². The molecular weight excluding hydrogens is 409 g/mol. The monoisotopic (exact) mass is 431 g/mol. The summed E-state index contributed by atoms with van der Waals surface area (Å²) in [5.41, 5.74) is 2.86. The zero-order chi connectivity index (χ0) is 20.8. The van der Waals surface area contributed by atoms with E-state index < -0.39 is 5.54 Å². The van der Waals surface area contributed by atoms with Crippen molar-refractivity contribution in [2.24, 2.45) is 0 Å². The first kappa shape index (κ1) is 20.3. The number of aliphatic hydroxyl groups excluding tert-OH is 1. The Morgan fingerprint density at radius 2 is 1.76 bits per heavy atom. The fourth-order valence-corrected chi connectivity index (χ4v) is 4.86. The van der Waals surface area contributed by atoms with E-state index >= 15 is 0 Å². The number of ether oxygens (including phenoxy) is 1. The predicted octanol–water partition coefficient (Wildman–Crippen LogP) is 5.70. The zero-order valence-corrected chi connectivity index (χ0v) is 17.9. The van der Waals surface area contributed by atoms with E-state index in [4.69, 9.17) is 27.9 Å². The fraction of sp³-hybridized carbons (Fsp3) is 0.348. The van der Waals surface area contributed by atoms with Crippen LogP contribution in [0.2, 0.25) is 10.0 Å². The van der Waals surface area contributed by atoms with Crippen molar-refractivity contribution in [1.82, 2.24) is 5.32 Å². The van der Waals surface area contributed by atoms with Crippen molar-refractivity contribution in [2.45, 2.75) is 44.2 Å². The summed E-state index contributed by atoms with van der Waals surface area (Å²) in [6, 6.07) is 11.1. The number of carbonyl (C=O) groups excluding carboxylic acids is 1. The summed E-state index contributed by atoms with van der Waals surface area (Å²) >= 11 is 12.5. The summed E-state index contributed by atoms with van der Waals surface area (Å²) < 4.78 is 5.44. The molecule has 6 heteroatoms. The minimum absolute atomic E-state index is 0.129. The number of methoxy groups -OCH3 is 1. The SMILES string of the molecule is CO[C@H]1CC[C@]2(CC1)NC(=O)C(c1cc(-c3ccc(Cl)cc3)c(Cl)cc1C)=C2O. The van der Waals surface area contributed by atoms with Gasteiger partial charge in [0.1, 0.15) is 5.76 Å². The lowest BCUT2D eigenvalue weighted by molar-refractivity contribution is -0.116. The van der Waals surface area contributed by atoms with Gasteiger partial charge in [-0.1, -0.05) is 35.3 Å². The molecule has 1 spiro atoms. The van der Waals surface area contributed by atoms with E-state index in [1.54, 1.807) is 19.2 Å². The number of hydrogen-bond acceptors (Lipinski definition) is 3. The lowest BCUT2D eigenvalue weighted by Gasteiger charge is -2.36. The molecule has 1 fully saturated rings. The second-order valence-corrected chi connectivity index (χ2v) is 8.69. The van der Waals surface area contributed by atoms with Crippen LogP contribution in [0.3, 0.4) is 0 Å². The molecule has 1 aliphatic heterocycles. The molecular formula is C23H23Cl2NO3. The second-order valence-electron chi connectivity index (χ2n) is 7.85. The van der Waals surface area contributed by atoms with Crippen LogP contribution in [0.5, 0.6) is 0 Å². The van der Waals surface area contributed by atoms with Crippen molar-refractivity contribution in [3.8, 4) is 11.1 Å². The van der Waals surface area contributed by atoms with Crippen LogP contribution >= 0.6 is 23.2 Å². The summed E-state index contributed by atoms with van der Waals surface area (Å²) in [6.45, 7) is 1.90. The summed E-state index contributed by atoms with van der Waals surface area (Å²) in [5, 5.41) is 15.4. The molecule has 4 nitrogen and oxygen atoms in total. The Labute approximate surface area is 180 Å². The van der Waals surface area contributed by atoms with Gasteiger partial charge in [0.05, 0.1) is 17.2 Å². The van der Waals surface area contributed by atoms with E-state index in [2.05, 4.69) is 5.32 Å². The number of aryl methyl sites for hydroxylation is 1. The van der Waals surface area contributed by atoms with Crippen LogP contribution in [0.25, 0.3) is 16.7 Å². The maximum absolute atomic E-state index is 12.9. The van der Waals surface area contributed by atoms with E-state index in [1.165, 1.54) is 0 Å². The van der Waals surface area contributed by atoms with Gasteiger partial charge >= 0.3 is 0 Å². The molecule has 0 saturated heterocycles. The molecule has 29 heavy (non-hydrogen) atoms. The molecule has 2 aliphatic rings. The van der Waals surface area contributed by atoms with E-state index in [0.717, 1.165) is 29.5 Å². The topological polar surface area (TPSA) is 58.6 Å². The molecule has 0 atom stereocenters. The number of amides is 1. The van der Waals surface area contributed by atoms with Gasteiger partial charge in [0.2, 0.25) is 0 Å². The first-order valence-corrected chi connectivity index (χ1v) is 10.5. The van der Waals surface area contributed by atoms with E-state index in [9.17, 15) is 9.90 Å². The number of carbonyl (C=O) groups is 1. The summed E-state index contributed by atoms with van der Waals surface area (Å²) in [5.74, 6) is -0.115. The molecule has 4 rings (SSSR count). The number of halogens is 2. The molecule has 1 amide bonds. The van der Waals surface area contributed by atoms with Crippen LogP contribution in [0.15, 0.2) is 42.2 Å². The van der Waals surface area contributed by atoms with Crippen LogP contribution in [0, 0.1) is 6.92 Å². The highest BCUT2D eigenvalue weighted by atomic mass is 35.5. The smallest absolute Gasteiger partial charge is 0.256 e. The lowest BCUT2D eigenvalue weighted by Crippen LogP contribution is -2.48. The van der Waals surface area contributed by atoms with Crippen LogP contribution in [-0.2, 0) is 9.53 Å². The fourth-order valence-electron chi connectivity index (χ4n) is 4.41. The third kappa shape index (κ3) is 3.54. The van der Waals surface area contributed by atoms with Crippen LogP contribution in [0.4, 0.5) is 0 Å². The van der Waals surface area contributed by atoms with Gasteiger partial charge < -0.3 is 15.2 Å². The highest BCUT2D eigenvalue weighted by Crippen LogP contribution is 2.43. The third-order valence-corrected chi connectivity index (χ3v) is 6.69. The highest BCUT2D eigenvalue weighted by molar-refractivity contribution is 6.34. The first-order valence-electron chi connectivity index (χ1n) is 9.70. The van der Waals surface area contributed by atoms with Crippen molar-refractivity contribution in [3.05, 3.63) is 63.3 Å². The van der Waals surface area contributed by atoms with Crippen LogP contribution in [-0.4, -0.2) is 29.8 Å². The number of nitrogens with one attached hydrogen (secondary N) is 1. The summed E-state index contributed by atoms with van der Waals surface area (Å²) in [4.78, 5) is 12.9. The Bertz CT molecular complexity index is 990. The van der Waals surface area contributed by atoms with E-state index in [1.807, 2.05) is 31.2 Å². The average molecular weight is 432 g/mol. The van der Waals surface area contributed by atoms with E-state index in [0.29, 0.717) is 34.0 Å². The van der Waals surface area contributed by atoms with Gasteiger partial charge in [0.25, 0.3) is 5.91 Å². The standard InChI is InChI=1S/C23H23Cl2NO3/c1-13-11-19(25)18(14-3-5-15(24)6-4-14)12-17(13)20-21(27)23(26-22(20)28)9-7-16(29-2)8-10-23/h3-6,11-12,16,27H,7-10H2,1-2H3,(H,26,28)/t16-,23+. The van der Waals surface area contributed by atoms with Gasteiger partial charge in [-0.3, -0.25) is 4.79 Å². The minimum atomic E-state index is -0.700. The molecule has 0 radical (unpaired) electrons. The van der Waals surface area contributed by atoms with Crippen LogP contribution < -0.4 is 5.32 Å². The van der Waals surface area contributed by atoms with Crippen molar-refractivity contribution in [2.75, 3.05) is 7.11 Å². The molecule has 0 bridgehead atoms. The minimum Gasteiger partial charge on any atom is -0.509 e. The maximum Gasteiger partial charge on any atom is 0.256 e. The van der Waals surface area contributed by atoms with Gasteiger partial charge in [-0.25, -0.2) is 0 Å². The Balaban J connectivity index is 1.78. The average Bonchev–Trinajstić information content (AvgIpc) is 2.93. The molecule has 1 saturated carbocycles. The molecule has 152 valence electrons. The second kappa shape index (κ2) is 7.67. The normalized spacial score (nSPS) is 24.3. The molecule has 0 aromatic heterocycles. The quantitative estimate of drug-likeness (QED) is 0.655. The van der Waals surface area contributed by atoms with Crippen molar-refractivity contribution in [1.29, 1.82) is 0 Å². The maximum atomic E-state index is 12.9. The van der Waals surface area contributed by atoms with Crippen molar-refractivity contribution < 1.29 is 14.6 Å². The lowest BCUT2D eigenvalue weighted by atomic mass is 9.79. The van der Waals surface area contributed by atoms with Gasteiger partial charge in [-0.2, -0.15) is 0 Å². The van der Waals surface area contributed by atoms with Crippen molar-refractivity contribution in [3.63, 3.8) is 0 Å². The van der Waals surface area contributed by atoms with E-state index in [-0.39, 0.29) is 17.8 Å². The largest absolute Gasteiger partial charge is 0.509 e. The molecule has 2 aromatic rings. The number of aliphatic hydroxyl groups is 1. The Morgan fingerprint density at radius 1 is 1.10 bits per heavy atom. The van der Waals surface area contributed by atoms with Crippen LogP contribution in [0.1, 0.15) is 36.8 Å². The highest BCUT2D eigenvalue weighted by Gasteiger charge is 2.48. The zero-order valence-electron chi connectivity index (χ0n) is 16.4. The summed E-state index contributed by atoms with van der Waals surface area (Å²) in [6.07, 6.45) is 3.07. The third-order valence-electron chi connectivity index (χ3n) is 6.13. The van der Waals surface area contributed by atoms with Crippen molar-refractivity contribution >= 4 is 34.7 Å². The van der Waals surface area contributed by atoms with Gasteiger partial charge in [-0.15, -0.1) is 0 Å². The molecule has 2 aromatic carbocycles. The molecule has 0 unspecified atom stereocenters. The first-order chi connectivity index (χ1) is 13.8. The molecule has 1 heterocycles. The Hall–Kier alpha value is -2.01. The molecule has 2 N–H and O–H groups in total. The number of rotatable bonds is 3. The molecule has 1 aliphatic carbocycles. The Morgan fingerprint density at radius 3 is 2.38 bits per heavy atom.